The number of amides is 2. The van der Waals surface area contributed by atoms with Crippen LogP contribution in [0.5, 0.6) is 0 Å². The van der Waals surface area contributed by atoms with Crippen LogP contribution in [0.4, 0.5) is 0 Å². The summed E-state index contributed by atoms with van der Waals surface area (Å²) in [6.07, 6.45) is 5.99. The van der Waals surface area contributed by atoms with Crippen LogP contribution in [-0.2, 0) is 20.9 Å². The minimum atomic E-state index is -0.534. The number of rotatable bonds is 5. The number of benzene rings is 1. The van der Waals surface area contributed by atoms with Crippen molar-refractivity contribution in [2.75, 3.05) is 26.3 Å². The molecule has 0 bridgehead atoms. The molecule has 1 aromatic carbocycles. The highest BCUT2D eigenvalue weighted by atomic mass is 16.5. The van der Waals surface area contributed by atoms with E-state index in [1.54, 1.807) is 10.8 Å². The average Bonchev–Trinajstić information content (AvgIpc) is 3.36. The summed E-state index contributed by atoms with van der Waals surface area (Å²) in [4.78, 5) is 39.5. The molecule has 1 saturated heterocycles. The normalized spacial score (nSPS) is 17.8. The molecule has 1 aliphatic carbocycles. The van der Waals surface area contributed by atoms with Crippen LogP contribution in [0.15, 0.2) is 30.5 Å². The summed E-state index contributed by atoms with van der Waals surface area (Å²) < 4.78 is 7.02. The minimum Gasteiger partial charge on any atom is -0.378 e. The van der Waals surface area contributed by atoms with Gasteiger partial charge in [-0.2, -0.15) is 0 Å². The summed E-state index contributed by atoms with van der Waals surface area (Å²) >= 11 is 0. The molecule has 7 nitrogen and oxygen atoms in total. The maximum atomic E-state index is 12.9. The summed E-state index contributed by atoms with van der Waals surface area (Å²) in [6.45, 7) is 1.88. The number of Topliss-reactive ketones (excluding diaryl/α,β-unsaturated/α-hetero) is 1. The molecule has 0 radical (unpaired) electrons. The molecule has 28 heavy (non-hydrogen) atoms. The van der Waals surface area contributed by atoms with Crippen LogP contribution in [-0.4, -0.2) is 59.4 Å². The van der Waals surface area contributed by atoms with Gasteiger partial charge in [-0.25, -0.2) is 0 Å². The zero-order chi connectivity index (χ0) is 19.5. The number of nitrogens with zero attached hydrogens (tertiary/aromatic N) is 2. The Kier molecular flexibility index (Phi) is 5.43. The van der Waals surface area contributed by atoms with Crippen LogP contribution >= 0.6 is 0 Å². The van der Waals surface area contributed by atoms with Gasteiger partial charge in [-0.15, -0.1) is 0 Å². The number of fused-ring (bicyclic) bond motifs is 1. The molecule has 1 saturated carbocycles. The molecule has 1 aromatic heterocycles. The lowest BCUT2D eigenvalue weighted by atomic mass is 10.1. The summed E-state index contributed by atoms with van der Waals surface area (Å²) in [6, 6.07) is 7.64. The van der Waals surface area contributed by atoms with Crippen molar-refractivity contribution < 1.29 is 19.1 Å². The maximum Gasteiger partial charge on any atom is 0.295 e. The third-order valence-corrected chi connectivity index (χ3v) is 5.56. The number of aromatic nitrogens is 1. The fourth-order valence-corrected chi connectivity index (χ4v) is 4.08. The molecule has 2 aromatic rings. The Morgan fingerprint density at radius 1 is 1.07 bits per heavy atom. The van der Waals surface area contributed by atoms with Gasteiger partial charge >= 0.3 is 0 Å². The fourth-order valence-electron chi connectivity index (χ4n) is 4.08. The second-order valence-electron chi connectivity index (χ2n) is 7.47. The largest absolute Gasteiger partial charge is 0.378 e. The molecule has 2 aliphatic rings. The van der Waals surface area contributed by atoms with Crippen LogP contribution in [0.1, 0.15) is 36.0 Å². The second kappa shape index (κ2) is 8.14. The molecule has 1 aliphatic heterocycles. The van der Waals surface area contributed by atoms with E-state index in [2.05, 4.69) is 5.32 Å². The SMILES string of the molecule is O=C(Cn1cc(C(=O)C(=O)N2CCOCC2)c2ccccc21)NC1CCCC1. The van der Waals surface area contributed by atoms with E-state index in [0.717, 1.165) is 31.2 Å². The van der Waals surface area contributed by atoms with Crippen molar-refractivity contribution in [2.45, 2.75) is 38.3 Å². The van der Waals surface area contributed by atoms with E-state index < -0.39 is 11.7 Å². The molecular weight excluding hydrogens is 358 g/mol. The summed E-state index contributed by atoms with van der Waals surface area (Å²) in [5.74, 6) is -1.11. The van der Waals surface area contributed by atoms with E-state index in [0.29, 0.717) is 37.3 Å². The van der Waals surface area contributed by atoms with E-state index in [1.165, 1.54) is 4.90 Å². The smallest absolute Gasteiger partial charge is 0.295 e. The monoisotopic (exact) mass is 383 g/mol. The third-order valence-electron chi connectivity index (χ3n) is 5.56. The first-order valence-electron chi connectivity index (χ1n) is 9.92. The van der Waals surface area contributed by atoms with E-state index >= 15 is 0 Å². The zero-order valence-electron chi connectivity index (χ0n) is 15.9. The molecule has 2 heterocycles. The van der Waals surface area contributed by atoms with Gasteiger partial charge in [-0.3, -0.25) is 14.4 Å². The topological polar surface area (TPSA) is 80.6 Å². The van der Waals surface area contributed by atoms with Gasteiger partial charge in [0.1, 0.15) is 6.54 Å². The van der Waals surface area contributed by atoms with E-state index in [9.17, 15) is 14.4 Å². The number of hydrogen-bond acceptors (Lipinski definition) is 4. The van der Waals surface area contributed by atoms with Crippen molar-refractivity contribution in [2.24, 2.45) is 0 Å². The predicted molar refractivity (Wildman–Crippen MR) is 104 cm³/mol. The van der Waals surface area contributed by atoms with Crippen LogP contribution in [0.2, 0.25) is 0 Å². The third kappa shape index (κ3) is 3.80. The van der Waals surface area contributed by atoms with Crippen molar-refractivity contribution >= 4 is 28.5 Å². The molecule has 148 valence electrons. The van der Waals surface area contributed by atoms with Gasteiger partial charge in [-0.1, -0.05) is 31.0 Å². The standard InChI is InChI=1S/C21H25N3O4/c25-19(22-15-5-1-2-6-15)14-24-13-17(16-7-3-4-8-18(16)24)20(26)21(27)23-9-11-28-12-10-23/h3-4,7-8,13,15H,1-2,5-6,9-12,14H2,(H,22,25). The van der Waals surface area contributed by atoms with Crippen molar-refractivity contribution in [3.63, 3.8) is 0 Å². The van der Waals surface area contributed by atoms with Crippen LogP contribution < -0.4 is 5.32 Å². The minimum absolute atomic E-state index is 0.0637. The lowest BCUT2D eigenvalue weighted by Crippen LogP contribution is -2.44. The number of hydrogen-bond donors (Lipinski definition) is 1. The molecule has 0 spiro atoms. The maximum absolute atomic E-state index is 12.9. The van der Waals surface area contributed by atoms with Gasteiger partial charge in [0.05, 0.1) is 18.8 Å². The van der Waals surface area contributed by atoms with Gasteiger partial charge in [-0.05, 0) is 18.9 Å². The summed E-state index contributed by atoms with van der Waals surface area (Å²) in [5.41, 5.74) is 1.13. The number of carbonyl (C=O) groups excluding carboxylic acids is 3. The first kappa shape index (κ1) is 18.7. The lowest BCUT2D eigenvalue weighted by Gasteiger charge is -2.25. The number of nitrogens with one attached hydrogen (secondary N) is 1. The average molecular weight is 383 g/mol. The number of ketones is 1. The molecular formula is C21H25N3O4. The fraction of sp³-hybridized carbons (Fsp3) is 0.476. The van der Waals surface area contributed by atoms with Crippen LogP contribution in [0.3, 0.4) is 0 Å². The highest BCUT2D eigenvalue weighted by Gasteiger charge is 2.28. The number of morpholine rings is 1. The Morgan fingerprint density at radius 3 is 2.54 bits per heavy atom. The Balaban J connectivity index is 1.56. The van der Waals surface area contributed by atoms with Crippen molar-refractivity contribution in [1.29, 1.82) is 0 Å². The Hall–Kier alpha value is -2.67. The predicted octanol–water partition coefficient (Wildman–Crippen LogP) is 1.74. The lowest BCUT2D eigenvalue weighted by molar-refractivity contribution is -0.130. The van der Waals surface area contributed by atoms with Gasteiger partial charge in [0, 0.05) is 36.2 Å². The Labute approximate surface area is 163 Å². The number of ether oxygens (including phenoxy) is 1. The molecule has 2 amide bonds. The summed E-state index contributed by atoms with van der Waals surface area (Å²) in [5, 5.41) is 3.77. The quantitative estimate of drug-likeness (QED) is 0.630. The Bertz CT molecular complexity index is 892. The van der Waals surface area contributed by atoms with Crippen LogP contribution in [0, 0.1) is 0 Å². The van der Waals surface area contributed by atoms with E-state index in [4.69, 9.17) is 4.74 Å². The molecule has 1 N–H and O–H groups in total. The Morgan fingerprint density at radius 2 is 1.79 bits per heavy atom. The highest BCUT2D eigenvalue weighted by molar-refractivity contribution is 6.44. The summed E-state index contributed by atoms with van der Waals surface area (Å²) in [7, 11) is 0. The first-order chi connectivity index (χ1) is 13.6. The van der Waals surface area contributed by atoms with Crippen molar-refractivity contribution in [3.05, 3.63) is 36.0 Å². The molecule has 0 atom stereocenters. The second-order valence-corrected chi connectivity index (χ2v) is 7.47. The molecule has 7 heteroatoms. The van der Waals surface area contributed by atoms with Crippen molar-refractivity contribution in [1.82, 2.24) is 14.8 Å². The molecule has 4 rings (SSSR count). The van der Waals surface area contributed by atoms with E-state index in [-0.39, 0.29) is 18.5 Å². The zero-order valence-corrected chi connectivity index (χ0v) is 15.9. The van der Waals surface area contributed by atoms with Gasteiger partial charge in [0.15, 0.2) is 0 Å². The molecule has 2 fully saturated rings. The highest BCUT2D eigenvalue weighted by Crippen LogP contribution is 2.23. The molecule has 0 unspecified atom stereocenters. The number of carbonyl (C=O) groups is 3. The van der Waals surface area contributed by atoms with Gasteiger partial charge in [0.2, 0.25) is 5.91 Å². The van der Waals surface area contributed by atoms with E-state index in [1.807, 2.05) is 24.3 Å². The first-order valence-corrected chi connectivity index (χ1v) is 9.92. The van der Waals surface area contributed by atoms with Crippen LogP contribution in [0.25, 0.3) is 10.9 Å². The van der Waals surface area contributed by atoms with Gasteiger partial charge in [0.25, 0.3) is 11.7 Å². The van der Waals surface area contributed by atoms with Crippen molar-refractivity contribution in [3.8, 4) is 0 Å². The number of para-hydroxylation sites is 1. The van der Waals surface area contributed by atoms with Gasteiger partial charge < -0.3 is 19.5 Å².